The van der Waals surface area contributed by atoms with Crippen molar-refractivity contribution in [3.05, 3.63) is 51.4 Å². The van der Waals surface area contributed by atoms with Gasteiger partial charge in [0.05, 0.1) is 18.3 Å². The van der Waals surface area contributed by atoms with Crippen LogP contribution >= 0.6 is 0 Å². The summed E-state index contributed by atoms with van der Waals surface area (Å²) in [6, 6.07) is 6.49. The highest BCUT2D eigenvalue weighted by atomic mass is 16.3. The first-order valence-corrected chi connectivity index (χ1v) is 8.48. The maximum Gasteiger partial charge on any atom is 0.255 e. The lowest BCUT2D eigenvalue weighted by molar-refractivity contribution is -0.134. The van der Waals surface area contributed by atoms with E-state index in [0.29, 0.717) is 30.6 Å². The molecule has 2 unspecified atom stereocenters. The highest BCUT2D eigenvalue weighted by Gasteiger charge is 2.35. The fourth-order valence-electron chi connectivity index (χ4n) is 3.57. The number of anilines is 1. The number of amides is 1. The molecule has 2 atom stereocenters. The second kappa shape index (κ2) is 6.43. The third-order valence-electron chi connectivity index (χ3n) is 4.92. The molecule has 1 amide bonds. The Kier molecular flexibility index (Phi) is 4.09. The smallest absolute Gasteiger partial charge is 0.255 e. The van der Waals surface area contributed by atoms with Crippen LogP contribution in [0.5, 0.6) is 5.75 Å². The largest absolute Gasteiger partial charge is 0.508 e. The van der Waals surface area contributed by atoms with Gasteiger partial charge in [0.1, 0.15) is 11.8 Å². The Morgan fingerprint density at radius 2 is 2.12 bits per heavy atom. The van der Waals surface area contributed by atoms with Crippen LogP contribution in [0, 0.1) is 0 Å². The van der Waals surface area contributed by atoms with E-state index in [1.807, 2.05) is 12.1 Å². The summed E-state index contributed by atoms with van der Waals surface area (Å²) < 4.78 is 0. The van der Waals surface area contributed by atoms with Crippen LogP contribution < -0.4 is 22.1 Å². The van der Waals surface area contributed by atoms with Crippen LogP contribution in [0.3, 0.4) is 0 Å². The van der Waals surface area contributed by atoms with Gasteiger partial charge in [0.25, 0.3) is 5.56 Å². The molecule has 0 aliphatic carbocycles. The Bertz CT molecular complexity index is 912. The standard InChI is InChI=1S/C17H20N6O3/c18-17-19-13-8-23(6-5-10(13)15(25)20-17)16(26)12-7-11(21-22-12)9-3-1-2-4-14(9)24/h1-4,11-12,21-22,24H,5-8H2,(H3,18,19,20,25). The SMILES string of the molecule is Nc1nc2c(c(=O)[nH]1)CCN(C(=O)C1CC(c3ccccc3O)NN1)C2. The molecule has 6 N–H and O–H groups in total. The number of benzene rings is 1. The van der Waals surface area contributed by atoms with E-state index >= 15 is 0 Å². The quantitative estimate of drug-likeness (QED) is 0.491. The van der Waals surface area contributed by atoms with Crippen molar-refractivity contribution in [2.24, 2.45) is 0 Å². The predicted octanol–water partition coefficient (Wildman–Crippen LogP) is -0.450. The number of carbonyl (C=O) groups is 1. The predicted molar refractivity (Wildman–Crippen MR) is 93.9 cm³/mol. The molecule has 2 aromatic rings. The third-order valence-corrected chi connectivity index (χ3v) is 4.92. The van der Waals surface area contributed by atoms with Gasteiger partial charge in [-0.05, 0) is 18.9 Å². The van der Waals surface area contributed by atoms with Gasteiger partial charge in [0.15, 0.2) is 0 Å². The molecule has 9 heteroatoms. The van der Waals surface area contributed by atoms with Crippen LogP contribution in [0.4, 0.5) is 5.95 Å². The number of aromatic nitrogens is 2. The lowest BCUT2D eigenvalue weighted by Gasteiger charge is -2.29. The van der Waals surface area contributed by atoms with E-state index in [1.54, 1.807) is 17.0 Å². The third kappa shape index (κ3) is 2.91. The van der Waals surface area contributed by atoms with Crippen LogP contribution in [0.2, 0.25) is 0 Å². The normalized spacial score (nSPS) is 22.2. The van der Waals surface area contributed by atoms with Crippen molar-refractivity contribution in [1.82, 2.24) is 25.7 Å². The zero-order chi connectivity index (χ0) is 18.3. The Labute approximate surface area is 149 Å². The van der Waals surface area contributed by atoms with Gasteiger partial charge in [-0.3, -0.25) is 14.6 Å². The summed E-state index contributed by atoms with van der Waals surface area (Å²) >= 11 is 0. The molecule has 9 nitrogen and oxygen atoms in total. The number of nitrogen functional groups attached to an aromatic ring is 1. The van der Waals surface area contributed by atoms with Crippen LogP contribution in [0.15, 0.2) is 29.1 Å². The monoisotopic (exact) mass is 356 g/mol. The fourth-order valence-corrected chi connectivity index (χ4v) is 3.57. The molecule has 2 aliphatic rings. The van der Waals surface area contributed by atoms with Gasteiger partial charge in [-0.2, -0.15) is 0 Å². The van der Waals surface area contributed by atoms with Crippen molar-refractivity contribution < 1.29 is 9.90 Å². The van der Waals surface area contributed by atoms with E-state index in [0.717, 1.165) is 5.56 Å². The van der Waals surface area contributed by atoms with E-state index < -0.39 is 6.04 Å². The molecule has 26 heavy (non-hydrogen) atoms. The second-order valence-electron chi connectivity index (χ2n) is 6.57. The van der Waals surface area contributed by atoms with Crippen LogP contribution in [0.1, 0.15) is 29.3 Å². The molecule has 2 aliphatic heterocycles. The van der Waals surface area contributed by atoms with Crippen LogP contribution in [0.25, 0.3) is 0 Å². The zero-order valence-corrected chi connectivity index (χ0v) is 14.0. The highest BCUT2D eigenvalue weighted by molar-refractivity contribution is 5.82. The Morgan fingerprint density at radius 1 is 1.31 bits per heavy atom. The van der Waals surface area contributed by atoms with Crippen molar-refractivity contribution in [3.63, 3.8) is 0 Å². The number of aromatic amines is 1. The molecule has 1 fully saturated rings. The van der Waals surface area contributed by atoms with Crippen molar-refractivity contribution in [2.45, 2.75) is 31.5 Å². The van der Waals surface area contributed by atoms with Crippen LogP contribution in [-0.4, -0.2) is 38.5 Å². The summed E-state index contributed by atoms with van der Waals surface area (Å²) in [6.07, 6.45) is 0.970. The maximum atomic E-state index is 12.9. The molecular formula is C17H20N6O3. The van der Waals surface area contributed by atoms with Gasteiger partial charge < -0.3 is 15.7 Å². The van der Waals surface area contributed by atoms with Gasteiger partial charge in [0, 0.05) is 17.7 Å². The average Bonchev–Trinajstić information content (AvgIpc) is 3.10. The molecule has 136 valence electrons. The number of nitrogens with one attached hydrogen (secondary N) is 3. The summed E-state index contributed by atoms with van der Waals surface area (Å²) in [4.78, 5) is 33.1. The second-order valence-corrected chi connectivity index (χ2v) is 6.57. The lowest BCUT2D eigenvalue weighted by atomic mass is 9.99. The highest BCUT2D eigenvalue weighted by Crippen LogP contribution is 2.30. The van der Waals surface area contributed by atoms with E-state index in [9.17, 15) is 14.7 Å². The number of phenols is 1. The molecule has 1 aromatic carbocycles. The van der Waals surface area contributed by atoms with Crippen molar-refractivity contribution in [3.8, 4) is 5.75 Å². The molecule has 0 radical (unpaired) electrons. The molecule has 1 aromatic heterocycles. The average molecular weight is 356 g/mol. The Morgan fingerprint density at radius 3 is 2.92 bits per heavy atom. The first kappa shape index (κ1) is 16.6. The number of hydrazine groups is 1. The van der Waals surface area contributed by atoms with Crippen molar-refractivity contribution in [1.29, 1.82) is 0 Å². The number of phenolic OH excluding ortho intramolecular Hbond substituents is 1. The number of hydrogen-bond donors (Lipinski definition) is 5. The van der Waals surface area contributed by atoms with Crippen molar-refractivity contribution >= 4 is 11.9 Å². The van der Waals surface area contributed by atoms with Gasteiger partial charge in [-0.25, -0.2) is 15.8 Å². The Balaban J connectivity index is 1.47. The summed E-state index contributed by atoms with van der Waals surface area (Å²) in [5.41, 5.74) is 13.3. The molecule has 0 bridgehead atoms. The molecule has 4 rings (SSSR count). The molecule has 0 saturated carbocycles. The van der Waals surface area contributed by atoms with Crippen molar-refractivity contribution in [2.75, 3.05) is 12.3 Å². The number of para-hydroxylation sites is 1. The number of hydrogen-bond acceptors (Lipinski definition) is 7. The molecule has 0 spiro atoms. The summed E-state index contributed by atoms with van der Waals surface area (Å²) in [5, 5.41) is 9.99. The summed E-state index contributed by atoms with van der Waals surface area (Å²) in [6.45, 7) is 0.724. The van der Waals surface area contributed by atoms with E-state index in [-0.39, 0.29) is 35.8 Å². The first-order chi connectivity index (χ1) is 12.5. The molecule has 3 heterocycles. The number of rotatable bonds is 2. The molecule has 1 saturated heterocycles. The molecular weight excluding hydrogens is 336 g/mol. The minimum atomic E-state index is -0.416. The topological polar surface area (TPSA) is 136 Å². The minimum Gasteiger partial charge on any atom is -0.508 e. The first-order valence-electron chi connectivity index (χ1n) is 8.48. The van der Waals surface area contributed by atoms with E-state index in [4.69, 9.17) is 5.73 Å². The number of aromatic hydroxyl groups is 1. The number of fused-ring (bicyclic) bond motifs is 1. The number of carbonyl (C=O) groups excluding carboxylic acids is 1. The Hall–Kier alpha value is -2.91. The summed E-state index contributed by atoms with van der Waals surface area (Å²) in [5.74, 6) is 0.191. The maximum absolute atomic E-state index is 12.9. The van der Waals surface area contributed by atoms with E-state index in [1.165, 1.54) is 0 Å². The number of nitrogens with two attached hydrogens (primary N) is 1. The van der Waals surface area contributed by atoms with Gasteiger partial charge >= 0.3 is 0 Å². The number of nitrogens with zero attached hydrogens (tertiary/aromatic N) is 2. The minimum absolute atomic E-state index is 0.0586. The van der Waals surface area contributed by atoms with Gasteiger partial charge in [-0.15, -0.1) is 0 Å². The number of H-pyrrole nitrogens is 1. The fraction of sp³-hybridized carbons (Fsp3) is 0.353. The van der Waals surface area contributed by atoms with Gasteiger partial charge in [0.2, 0.25) is 11.9 Å². The summed E-state index contributed by atoms with van der Waals surface area (Å²) in [7, 11) is 0. The van der Waals surface area contributed by atoms with E-state index in [2.05, 4.69) is 20.8 Å². The lowest BCUT2D eigenvalue weighted by Crippen LogP contribution is -2.48. The van der Waals surface area contributed by atoms with Crippen LogP contribution in [-0.2, 0) is 17.8 Å². The zero-order valence-electron chi connectivity index (χ0n) is 14.0. The van der Waals surface area contributed by atoms with Gasteiger partial charge in [-0.1, -0.05) is 18.2 Å².